The van der Waals surface area contributed by atoms with Crippen LogP contribution in [0.15, 0.2) is 47.1 Å². The highest BCUT2D eigenvalue weighted by Crippen LogP contribution is 2.30. The Hall–Kier alpha value is -2.53. The Kier molecular flexibility index (Phi) is 3.30. The Morgan fingerprint density at radius 3 is 2.45 bits per heavy atom. The van der Waals surface area contributed by atoms with Crippen molar-refractivity contribution in [1.29, 1.82) is 0 Å². The summed E-state index contributed by atoms with van der Waals surface area (Å²) in [5, 5.41) is 18.9. The van der Waals surface area contributed by atoms with E-state index in [0.717, 1.165) is 10.9 Å². The van der Waals surface area contributed by atoms with Gasteiger partial charge in [-0.3, -0.25) is 4.98 Å². The smallest absolute Gasteiger partial charge is 0.335 e. The van der Waals surface area contributed by atoms with Crippen molar-refractivity contribution in [2.45, 2.75) is 5.40 Å². The van der Waals surface area contributed by atoms with Gasteiger partial charge < -0.3 is 14.6 Å². The Morgan fingerprint density at radius 2 is 1.86 bits per heavy atom. The highest BCUT2D eigenvalue weighted by atomic mass is 16.4. The molecule has 5 nitrogen and oxygen atoms in total. The zero-order valence-electron chi connectivity index (χ0n) is 12.2. The zero-order valence-corrected chi connectivity index (χ0v) is 12.2. The third kappa shape index (κ3) is 2.51. The topological polar surface area (TPSA) is 83.6 Å². The molecule has 2 N–H and O–H groups in total. The van der Waals surface area contributed by atoms with Gasteiger partial charge in [0, 0.05) is 22.4 Å². The molecule has 0 radical (unpaired) electrons. The fourth-order valence-corrected chi connectivity index (χ4v) is 2.27. The number of nitrogens with zero attached hydrogens (tertiary/aromatic N) is 1. The van der Waals surface area contributed by atoms with E-state index in [1.807, 2.05) is 0 Å². The first-order valence-electron chi connectivity index (χ1n) is 6.81. The van der Waals surface area contributed by atoms with Crippen LogP contribution in [0.5, 0.6) is 0 Å². The molecule has 1 aromatic carbocycles. The van der Waals surface area contributed by atoms with E-state index in [9.17, 15) is 9.90 Å². The number of aromatic nitrogens is 1. The van der Waals surface area contributed by atoms with Crippen molar-refractivity contribution in [1.82, 2.24) is 4.98 Å². The monoisotopic (exact) mass is 293 g/mol. The normalized spacial score (nSPS) is 11.7. The van der Waals surface area contributed by atoms with Crippen molar-refractivity contribution in [3.63, 3.8) is 0 Å². The van der Waals surface area contributed by atoms with Crippen LogP contribution in [0.25, 0.3) is 22.2 Å². The first kappa shape index (κ1) is 14.4. The highest BCUT2D eigenvalue weighted by molar-refractivity contribution is 6.38. The lowest BCUT2D eigenvalue weighted by Gasteiger charge is -2.18. The number of hydrogen-bond donors (Lipinski definition) is 2. The van der Waals surface area contributed by atoms with Crippen molar-refractivity contribution in [2.75, 3.05) is 0 Å². The lowest BCUT2D eigenvalue weighted by Crippen LogP contribution is -2.27. The number of aliphatic hydroxyl groups is 1. The summed E-state index contributed by atoms with van der Waals surface area (Å²) in [7, 11) is 3.31. The van der Waals surface area contributed by atoms with Gasteiger partial charge in [-0.25, -0.2) is 4.79 Å². The molecule has 0 fully saturated rings. The van der Waals surface area contributed by atoms with Crippen LogP contribution in [0, 0.1) is 0 Å². The van der Waals surface area contributed by atoms with Gasteiger partial charge in [-0.05, 0) is 18.2 Å². The maximum absolute atomic E-state index is 10.9. The Labute approximate surface area is 128 Å². The number of carboxylic acid groups (broad SMARTS) is 1. The molecule has 0 atom stereocenters. The lowest BCUT2D eigenvalue weighted by molar-refractivity contribution is 0.0697. The summed E-state index contributed by atoms with van der Waals surface area (Å²) in [6, 6.07) is 9.98. The van der Waals surface area contributed by atoms with Gasteiger partial charge in [0.2, 0.25) is 0 Å². The van der Waals surface area contributed by atoms with Crippen LogP contribution < -0.4 is 0 Å². The lowest BCUT2D eigenvalue weighted by atomic mass is 9.63. The first-order valence-corrected chi connectivity index (χ1v) is 6.81. The fraction of sp³-hybridized carbons (Fsp3) is 0.0667. The van der Waals surface area contributed by atoms with Gasteiger partial charge >= 0.3 is 5.97 Å². The van der Waals surface area contributed by atoms with E-state index in [2.05, 4.69) is 4.98 Å². The summed E-state index contributed by atoms with van der Waals surface area (Å²) in [5.74, 6) is -0.974. The van der Waals surface area contributed by atoms with Crippen molar-refractivity contribution in [2.24, 2.45) is 0 Å². The van der Waals surface area contributed by atoms with Crippen LogP contribution in [-0.2, 0) is 5.40 Å². The number of rotatable bonds is 3. The van der Waals surface area contributed by atoms with Crippen LogP contribution >= 0.6 is 0 Å². The van der Waals surface area contributed by atoms with E-state index >= 15 is 0 Å². The molecular formula is C15H13B2NO4. The second-order valence-corrected chi connectivity index (χ2v) is 5.63. The summed E-state index contributed by atoms with van der Waals surface area (Å²) in [6.07, 6.45) is 1.57. The third-order valence-electron chi connectivity index (χ3n) is 3.48. The molecule has 2 aromatic heterocycles. The van der Waals surface area contributed by atoms with Gasteiger partial charge in [0.25, 0.3) is 0 Å². The second-order valence-electron chi connectivity index (χ2n) is 5.63. The summed E-state index contributed by atoms with van der Waals surface area (Å²) >= 11 is 0. The van der Waals surface area contributed by atoms with Gasteiger partial charge in [0.05, 0.1) is 23.2 Å². The Morgan fingerprint density at radius 1 is 1.18 bits per heavy atom. The zero-order chi connectivity index (χ0) is 15.9. The molecule has 3 aromatic rings. The molecule has 3 rings (SSSR count). The van der Waals surface area contributed by atoms with E-state index < -0.39 is 11.4 Å². The molecule has 0 saturated carbocycles. The molecule has 22 heavy (non-hydrogen) atoms. The minimum Gasteiger partial charge on any atom is -0.478 e. The quantitative estimate of drug-likeness (QED) is 0.689. The van der Waals surface area contributed by atoms with E-state index in [-0.39, 0.29) is 5.56 Å². The maximum atomic E-state index is 10.9. The summed E-state index contributed by atoms with van der Waals surface area (Å²) in [6.45, 7) is 0. The molecule has 0 amide bonds. The Bertz CT molecular complexity index is 850. The predicted octanol–water partition coefficient (Wildman–Crippen LogP) is 0.562. The SMILES string of the molecule is BC(B)(O)c1cc2occc2c(-c2ccc(C(=O)O)cc2)n1. The number of fused-ring (bicyclic) bond motifs is 1. The molecule has 0 aliphatic heterocycles. The third-order valence-corrected chi connectivity index (χ3v) is 3.48. The minimum absolute atomic E-state index is 0.214. The van der Waals surface area contributed by atoms with Crippen molar-refractivity contribution in [3.05, 3.63) is 53.9 Å². The minimum atomic E-state index is -1.10. The van der Waals surface area contributed by atoms with Gasteiger partial charge in [-0.1, -0.05) is 12.1 Å². The fourth-order valence-electron chi connectivity index (χ4n) is 2.27. The van der Waals surface area contributed by atoms with Crippen LogP contribution in [0.2, 0.25) is 0 Å². The largest absolute Gasteiger partial charge is 0.478 e. The number of carboxylic acids is 1. The molecule has 7 heteroatoms. The molecule has 0 spiro atoms. The predicted molar refractivity (Wildman–Crippen MR) is 87.4 cm³/mol. The van der Waals surface area contributed by atoms with Crippen molar-refractivity contribution >= 4 is 32.6 Å². The van der Waals surface area contributed by atoms with Crippen LogP contribution in [0.3, 0.4) is 0 Å². The van der Waals surface area contributed by atoms with Gasteiger partial charge in [0.15, 0.2) is 0 Å². The molecule has 2 heterocycles. The number of carbonyl (C=O) groups is 1. The molecule has 108 valence electrons. The van der Waals surface area contributed by atoms with Crippen LogP contribution in [-0.4, -0.2) is 36.9 Å². The Balaban J connectivity index is 2.20. The van der Waals surface area contributed by atoms with Crippen molar-refractivity contribution < 1.29 is 19.4 Å². The maximum Gasteiger partial charge on any atom is 0.335 e. The molecular weight excluding hydrogens is 280 g/mol. The van der Waals surface area contributed by atoms with E-state index in [1.165, 1.54) is 12.1 Å². The average molecular weight is 293 g/mol. The number of furan rings is 1. The number of benzene rings is 1. The van der Waals surface area contributed by atoms with Gasteiger partial charge in [-0.15, -0.1) is 0 Å². The van der Waals surface area contributed by atoms with Crippen molar-refractivity contribution in [3.8, 4) is 11.3 Å². The van der Waals surface area contributed by atoms with E-state index in [1.54, 1.807) is 46.2 Å². The first-order chi connectivity index (χ1) is 10.4. The number of aromatic carboxylic acids is 1. The summed E-state index contributed by atoms with van der Waals surface area (Å²) in [5.41, 5.74) is 2.75. The highest BCUT2D eigenvalue weighted by Gasteiger charge is 2.21. The second kappa shape index (κ2) is 5.03. The molecule has 0 saturated heterocycles. The standard InChI is InChI=1S/C15H13B2NO4/c16-15(17,21)12-7-11-10(5-6-22-11)13(18-12)8-1-3-9(4-2-8)14(19)20/h1-7,21H,16-17H2,(H,19,20). The number of pyridine rings is 1. The van der Waals surface area contributed by atoms with Crippen LogP contribution in [0.1, 0.15) is 16.1 Å². The molecule has 0 unspecified atom stereocenters. The summed E-state index contributed by atoms with van der Waals surface area (Å²) in [4.78, 5) is 15.5. The van der Waals surface area contributed by atoms with Gasteiger partial charge in [0.1, 0.15) is 21.3 Å². The van der Waals surface area contributed by atoms with Crippen LogP contribution in [0.4, 0.5) is 0 Å². The van der Waals surface area contributed by atoms with E-state index in [4.69, 9.17) is 9.52 Å². The van der Waals surface area contributed by atoms with Gasteiger partial charge in [-0.2, -0.15) is 0 Å². The average Bonchev–Trinajstić information content (AvgIpc) is 2.93. The number of hydrogen-bond acceptors (Lipinski definition) is 4. The molecule has 0 aliphatic rings. The van der Waals surface area contributed by atoms with E-state index in [0.29, 0.717) is 17.0 Å². The summed E-state index contributed by atoms with van der Waals surface area (Å²) < 4.78 is 5.43. The molecule has 0 aliphatic carbocycles. The molecule has 0 bridgehead atoms.